The molecule has 1 fully saturated rings. The van der Waals surface area contributed by atoms with Crippen LogP contribution in [0.1, 0.15) is 13.8 Å². The molecule has 3 aromatic carbocycles. The molecular weight excluding hydrogens is 460 g/mol. The van der Waals surface area contributed by atoms with Crippen LogP contribution in [0.25, 0.3) is 11.1 Å². The summed E-state index contributed by atoms with van der Waals surface area (Å²) in [5, 5.41) is 3.48. The Morgan fingerprint density at radius 3 is 2.12 bits per heavy atom. The predicted molar refractivity (Wildman–Crippen MR) is 130 cm³/mol. The van der Waals surface area contributed by atoms with Crippen molar-refractivity contribution in [1.82, 2.24) is 5.32 Å². The molecule has 1 aliphatic heterocycles. The average Bonchev–Trinajstić information content (AvgIpc) is 2.77. The number of hydrogen-bond donors (Lipinski definition) is 2. The highest BCUT2D eigenvalue weighted by Gasteiger charge is 2.24. The number of halogens is 2. The molecule has 34 heavy (non-hydrogen) atoms. The van der Waals surface area contributed by atoms with Crippen molar-refractivity contribution in [2.45, 2.75) is 30.8 Å². The van der Waals surface area contributed by atoms with Crippen molar-refractivity contribution >= 4 is 21.4 Å². The number of nitrogens with one attached hydrogen (secondary N) is 2. The van der Waals surface area contributed by atoms with Crippen molar-refractivity contribution in [2.24, 2.45) is 0 Å². The minimum Gasteiger partial charge on any atom is -0.495 e. The Labute approximate surface area is 198 Å². The van der Waals surface area contributed by atoms with Crippen LogP contribution in [0.4, 0.5) is 20.2 Å². The van der Waals surface area contributed by atoms with Crippen molar-refractivity contribution in [3.8, 4) is 16.9 Å². The van der Waals surface area contributed by atoms with Crippen LogP contribution in [-0.4, -0.2) is 40.7 Å². The smallest absolute Gasteiger partial charge is 0.261 e. The number of sulfonamides is 1. The van der Waals surface area contributed by atoms with Crippen LogP contribution in [0.15, 0.2) is 65.6 Å². The molecule has 0 bridgehead atoms. The number of rotatable bonds is 6. The quantitative estimate of drug-likeness (QED) is 0.531. The van der Waals surface area contributed by atoms with Gasteiger partial charge in [0.2, 0.25) is 0 Å². The molecule has 0 amide bonds. The standard InChI is InChI=1S/C25H27F2N3O3S/c1-16-14-30(15-17(2)28-16)24-13-22(6-9-25(24)33-3)29-34(31,32)23-7-4-18(5-8-23)19-10-20(26)12-21(27)11-19/h4-13,16-17,28-29H,14-15H2,1-3H3/t16-,17+. The van der Waals surface area contributed by atoms with Crippen molar-refractivity contribution in [1.29, 1.82) is 0 Å². The van der Waals surface area contributed by atoms with Gasteiger partial charge in [-0.3, -0.25) is 4.72 Å². The van der Waals surface area contributed by atoms with Gasteiger partial charge in [-0.15, -0.1) is 0 Å². The first-order valence-electron chi connectivity index (χ1n) is 10.9. The van der Waals surface area contributed by atoms with Gasteiger partial charge in [-0.25, -0.2) is 17.2 Å². The number of ether oxygens (including phenoxy) is 1. The summed E-state index contributed by atoms with van der Waals surface area (Å²) in [5.41, 5.74) is 2.05. The number of nitrogens with zero attached hydrogens (tertiary/aromatic N) is 1. The summed E-state index contributed by atoms with van der Waals surface area (Å²) >= 11 is 0. The Morgan fingerprint density at radius 1 is 0.912 bits per heavy atom. The topological polar surface area (TPSA) is 70.7 Å². The number of piperazine rings is 1. The maximum atomic E-state index is 13.5. The summed E-state index contributed by atoms with van der Waals surface area (Å²) in [6, 6.07) is 14.8. The van der Waals surface area contributed by atoms with Crippen LogP contribution < -0.4 is 19.7 Å². The lowest BCUT2D eigenvalue weighted by atomic mass is 10.1. The highest BCUT2D eigenvalue weighted by atomic mass is 32.2. The van der Waals surface area contributed by atoms with E-state index in [9.17, 15) is 17.2 Å². The lowest BCUT2D eigenvalue weighted by Crippen LogP contribution is -2.54. The average molecular weight is 488 g/mol. The van der Waals surface area contributed by atoms with E-state index in [-0.39, 0.29) is 17.0 Å². The Hall–Kier alpha value is -3.17. The normalized spacial score (nSPS) is 18.6. The van der Waals surface area contributed by atoms with E-state index in [0.29, 0.717) is 22.6 Å². The van der Waals surface area contributed by atoms with E-state index in [1.54, 1.807) is 25.3 Å². The fourth-order valence-electron chi connectivity index (χ4n) is 4.29. The molecule has 2 N–H and O–H groups in total. The molecule has 1 heterocycles. The fourth-order valence-corrected chi connectivity index (χ4v) is 5.33. The third kappa shape index (κ3) is 5.31. The SMILES string of the molecule is COc1ccc(NS(=O)(=O)c2ccc(-c3cc(F)cc(F)c3)cc2)cc1N1C[C@@H](C)N[C@@H](C)C1. The molecular formula is C25H27F2N3O3S. The highest BCUT2D eigenvalue weighted by Crippen LogP contribution is 2.33. The van der Waals surface area contributed by atoms with Gasteiger partial charge in [-0.05, 0) is 67.4 Å². The van der Waals surface area contributed by atoms with E-state index >= 15 is 0 Å². The fraction of sp³-hybridized carbons (Fsp3) is 0.280. The molecule has 0 unspecified atom stereocenters. The molecule has 0 aromatic heterocycles. The van der Waals surface area contributed by atoms with Crippen LogP contribution in [0.2, 0.25) is 0 Å². The van der Waals surface area contributed by atoms with Gasteiger partial charge in [0.15, 0.2) is 0 Å². The van der Waals surface area contributed by atoms with Crippen LogP contribution in [0.3, 0.4) is 0 Å². The van der Waals surface area contributed by atoms with E-state index in [2.05, 4.69) is 28.8 Å². The van der Waals surface area contributed by atoms with Gasteiger partial charge in [0.1, 0.15) is 17.4 Å². The number of methoxy groups -OCH3 is 1. The minimum atomic E-state index is -3.89. The Bertz CT molecular complexity index is 1250. The Balaban J connectivity index is 1.58. The van der Waals surface area contributed by atoms with Gasteiger partial charge in [-0.2, -0.15) is 0 Å². The highest BCUT2D eigenvalue weighted by molar-refractivity contribution is 7.92. The van der Waals surface area contributed by atoms with Crippen LogP contribution in [-0.2, 0) is 10.0 Å². The van der Waals surface area contributed by atoms with Crippen LogP contribution in [0, 0.1) is 11.6 Å². The zero-order valence-electron chi connectivity index (χ0n) is 19.2. The molecule has 180 valence electrons. The summed E-state index contributed by atoms with van der Waals surface area (Å²) in [6.45, 7) is 5.73. The summed E-state index contributed by atoms with van der Waals surface area (Å²) < 4.78 is 61.2. The minimum absolute atomic E-state index is 0.0370. The zero-order chi connectivity index (χ0) is 24.5. The van der Waals surface area contributed by atoms with Crippen molar-refractivity contribution < 1.29 is 21.9 Å². The van der Waals surface area contributed by atoms with Gasteiger partial charge in [0.05, 0.1) is 23.4 Å². The van der Waals surface area contributed by atoms with Gasteiger partial charge < -0.3 is 15.0 Å². The third-order valence-corrected chi connectivity index (χ3v) is 7.09. The van der Waals surface area contributed by atoms with E-state index in [4.69, 9.17) is 4.74 Å². The van der Waals surface area contributed by atoms with Gasteiger partial charge in [-0.1, -0.05) is 12.1 Å². The number of anilines is 2. The first kappa shape index (κ1) is 24.0. The largest absolute Gasteiger partial charge is 0.495 e. The predicted octanol–water partition coefficient (Wildman–Crippen LogP) is 4.63. The molecule has 2 atom stereocenters. The molecule has 1 saturated heterocycles. The number of hydrogen-bond acceptors (Lipinski definition) is 5. The summed E-state index contributed by atoms with van der Waals surface area (Å²) in [7, 11) is -2.30. The monoisotopic (exact) mass is 487 g/mol. The van der Waals surface area contributed by atoms with Gasteiger partial charge >= 0.3 is 0 Å². The molecule has 9 heteroatoms. The second kappa shape index (κ2) is 9.60. The molecule has 0 radical (unpaired) electrons. The first-order chi connectivity index (χ1) is 16.1. The Kier molecular flexibility index (Phi) is 6.77. The third-order valence-electron chi connectivity index (χ3n) is 5.69. The molecule has 1 aliphatic rings. The first-order valence-corrected chi connectivity index (χ1v) is 12.4. The zero-order valence-corrected chi connectivity index (χ0v) is 20.0. The summed E-state index contributed by atoms with van der Waals surface area (Å²) in [5.74, 6) is -0.732. The van der Waals surface area contributed by atoms with E-state index in [1.807, 2.05) is 0 Å². The van der Waals surface area contributed by atoms with Crippen LogP contribution >= 0.6 is 0 Å². The van der Waals surface area contributed by atoms with E-state index in [1.165, 1.54) is 36.4 Å². The summed E-state index contributed by atoms with van der Waals surface area (Å²) in [4.78, 5) is 2.21. The number of benzene rings is 3. The lowest BCUT2D eigenvalue weighted by molar-refractivity contribution is 0.391. The second-order valence-corrected chi connectivity index (χ2v) is 10.2. The molecule has 0 spiro atoms. The molecule has 6 nitrogen and oxygen atoms in total. The Morgan fingerprint density at radius 2 is 1.53 bits per heavy atom. The second-order valence-electron chi connectivity index (χ2n) is 8.55. The lowest BCUT2D eigenvalue weighted by Gasteiger charge is -2.38. The van der Waals surface area contributed by atoms with Crippen molar-refractivity contribution in [2.75, 3.05) is 29.8 Å². The van der Waals surface area contributed by atoms with Gasteiger partial charge in [0.25, 0.3) is 10.0 Å². The van der Waals surface area contributed by atoms with Gasteiger partial charge in [0, 0.05) is 31.2 Å². The molecule has 0 aliphatic carbocycles. The van der Waals surface area contributed by atoms with Crippen LogP contribution in [0.5, 0.6) is 5.75 Å². The molecule has 4 rings (SSSR count). The maximum Gasteiger partial charge on any atom is 0.261 e. The maximum absolute atomic E-state index is 13.5. The van der Waals surface area contributed by atoms with E-state index in [0.717, 1.165) is 24.8 Å². The molecule has 0 saturated carbocycles. The summed E-state index contributed by atoms with van der Waals surface area (Å²) in [6.07, 6.45) is 0. The van der Waals surface area contributed by atoms with E-state index < -0.39 is 21.7 Å². The van der Waals surface area contributed by atoms with Crippen molar-refractivity contribution in [3.05, 3.63) is 72.3 Å². The molecule has 3 aromatic rings. The van der Waals surface area contributed by atoms with Crippen molar-refractivity contribution in [3.63, 3.8) is 0 Å².